The van der Waals surface area contributed by atoms with E-state index < -0.39 is 0 Å². The van der Waals surface area contributed by atoms with E-state index >= 15 is 0 Å². The summed E-state index contributed by atoms with van der Waals surface area (Å²) in [7, 11) is 1.96. The Labute approximate surface area is 122 Å². The van der Waals surface area contributed by atoms with Crippen LogP contribution in [0.15, 0.2) is 42.5 Å². The number of hydrogen-bond acceptors (Lipinski definition) is 2. The largest absolute Gasteiger partial charge is 0.370 e. The summed E-state index contributed by atoms with van der Waals surface area (Å²) in [6.07, 6.45) is 0. The average molecular weight is 291 g/mol. The molecular formula is C15H12Cl2N2. The molecule has 96 valence electrons. The monoisotopic (exact) mass is 290 g/mol. The maximum Gasteiger partial charge on any atom is 0.0992 e. The molecule has 4 heteroatoms. The van der Waals surface area contributed by atoms with Crippen molar-refractivity contribution in [2.45, 2.75) is 6.54 Å². The lowest BCUT2D eigenvalue weighted by Crippen LogP contribution is -2.16. The molecule has 0 saturated heterocycles. The molecule has 0 bridgehead atoms. The van der Waals surface area contributed by atoms with Crippen LogP contribution < -0.4 is 4.90 Å². The van der Waals surface area contributed by atoms with Crippen molar-refractivity contribution in [2.24, 2.45) is 0 Å². The molecule has 0 aliphatic heterocycles. The normalized spacial score (nSPS) is 10.0. The molecule has 2 nitrogen and oxygen atoms in total. The van der Waals surface area contributed by atoms with Gasteiger partial charge in [0.05, 0.1) is 11.6 Å². The van der Waals surface area contributed by atoms with Gasteiger partial charge in [-0.3, -0.25) is 0 Å². The van der Waals surface area contributed by atoms with Crippen molar-refractivity contribution < 1.29 is 0 Å². The van der Waals surface area contributed by atoms with Crippen molar-refractivity contribution >= 4 is 28.9 Å². The number of hydrogen-bond donors (Lipinski definition) is 0. The van der Waals surface area contributed by atoms with Gasteiger partial charge in [0.15, 0.2) is 0 Å². The SMILES string of the molecule is CN(Cc1ccc(Cl)cc1Cl)c1cccc(C#N)c1. The second kappa shape index (κ2) is 5.97. The third-order valence-corrected chi connectivity index (χ3v) is 3.43. The van der Waals surface area contributed by atoms with Crippen molar-refractivity contribution in [3.05, 3.63) is 63.6 Å². The van der Waals surface area contributed by atoms with Crippen LogP contribution in [0.3, 0.4) is 0 Å². The minimum absolute atomic E-state index is 0.628. The Kier molecular flexibility index (Phi) is 4.31. The van der Waals surface area contributed by atoms with Gasteiger partial charge in [-0.25, -0.2) is 0 Å². The van der Waals surface area contributed by atoms with E-state index in [4.69, 9.17) is 28.5 Å². The molecule has 2 rings (SSSR count). The van der Waals surface area contributed by atoms with Gasteiger partial charge in [-0.2, -0.15) is 5.26 Å². The van der Waals surface area contributed by atoms with Crippen molar-refractivity contribution in [3.63, 3.8) is 0 Å². The van der Waals surface area contributed by atoms with Crippen LogP contribution in [0.5, 0.6) is 0 Å². The van der Waals surface area contributed by atoms with Gasteiger partial charge in [0, 0.05) is 29.3 Å². The lowest BCUT2D eigenvalue weighted by atomic mass is 10.1. The van der Waals surface area contributed by atoms with Crippen LogP contribution >= 0.6 is 23.2 Å². The summed E-state index contributed by atoms with van der Waals surface area (Å²) in [4.78, 5) is 2.04. The minimum Gasteiger partial charge on any atom is -0.370 e. The smallest absolute Gasteiger partial charge is 0.0992 e. The fraction of sp³-hybridized carbons (Fsp3) is 0.133. The summed E-state index contributed by atoms with van der Waals surface area (Å²) in [5.74, 6) is 0. The minimum atomic E-state index is 0.628. The molecule has 2 aromatic carbocycles. The highest BCUT2D eigenvalue weighted by molar-refractivity contribution is 6.35. The van der Waals surface area contributed by atoms with Gasteiger partial charge in [0.2, 0.25) is 0 Å². The van der Waals surface area contributed by atoms with Gasteiger partial charge in [-0.1, -0.05) is 35.3 Å². The van der Waals surface area contributed by atoms with Crippen molar-refractivity contribution in [2.75, 3.05) is 11.9 Å². The Morgan fingerprint density at radius 3 is 2.63 bits per heavy atom. The highest BCUT2D eigenvalue weighted by atomic mass is 35.5. The zero-order valence-corrected chi connectivity index (χ0v) is 11.9. The Hall–Kier alpha value is -1.69. The molecule has 0 heterocycles. The molecule has 2 aromatic rings. The molecule has 19 heavy (non-hydrogen) atoms. The average Bonchev–Trinajstić information content (AvgIpc) is 2.42. The Morgan fingerprint density at radius 1 is 1.16 bits per heavy atom. The summed E-state index contributed by atoms with van der Waals surface area (Å²) >= 11 is 12.0. The second-order valence-electron chi connectivity index (χ2n) is 4.25. The predicted molar refractivity (Wildman–Crippen MR) is 79.7 cm³/mol. The maximum absolute atomic E-state index is 8.90. The van der Waals surface area contributed by atoms with Crippen LogP contribution in [0.2, 0.25) is 10.0 Å². The number of benzene rings is 2. The fourth-order valence-corrected chi connectivity index (χ4v) is 2.28. The van der Waals surface area contributed by atoms with Crippen molar-refractivity contribution in [1.29, 1.82) is 5.26 Å². The fourth-order valence-electron chi connectivity index (χ4n) is 1.81. The molecule has 0 unspecified atom stereocenters. The van der Waals surface area contributed by atoms with E-state index in [2.05, 4.69) is 6.07 Å². The van der Waals surface area contributed by atoms with E-state index in [1.165, 1.54) is 0 Å². The summed E-state index contributed by atoms with van der Waals surface area (Å²) < 4.78 is 0. The molecule has 0 N–H and O–H groups in total. The molecule has 0 aliphatic carbocycles. The molecule has 0 fully saturated rings. The standard InChI is InChI=1S/C15H12Cl2N2/c1-19(14-4-2-3-11(7-14)9-18)10-12-5-6-13(16)8-15(12)17/h2-8H,10H2,1H3. The topological polar surface area (TPSA) is 27.0 Å². The first-order chi connectivity index (χ1) is 9.10. The van der Waals surface area contributed by atoms with Gasteiger partial charge in [0.1, 0.15) is 0 Å². The number of nitrogens with zero attached hydrogens (tertiary/aromatic N) is 2. The van der Waals surface area contributed by atoms with Gasteiger partial charge in [-0.05, 0) is 35.9 Å². The van der Waals surface area contributed by atoms with E-state index in [1.807, 2.05) is 42.3 Å². The molecule has 0 saturated carbocycles. The summed E-state index contributed by atoms with van der Waals surface area (Å²) in [6.45, 7) is 0.658. The van der Waals surface area contributed by atoms with E-state index in [0.29, 0.717) is 22.2 Å². The van der Waals surface area contributed by atoms with E-state index in [-0.39, 0.29) is 0 Å². The zero-order chi connectivity index (χ0) is 13.8. The predicted octanol–water partition coefficient (Wildman–Crippen LogP) is 4.50. The lowest BCUT2D eigenvalue weighted by Gasteiger charge is -2.20. The number of rotatable bonds is 3. The van der Waals surface area contributed by atoms with E-state index in [1.54, 1.807) is 12.1 Å². The van der Waals surface area contributed by atoms with Crippen LogP contribution in [0.1, 0.15) is 11.1 Å². The third kappa shape index (κ3) is 3.41. The van der Waals surface area contributed by atoms with Gasteiger partial charge in [0.25, 0.3) is 0 Å². The molecule has 0 atom stereocenters. The summed E-state index contributed by atoms with van der Waals surface area (Å²) in [5, 5.41) is 10.2. The first-order valence-corrected chi connectivity index (χ1v) is 6.51. The number of anilines is 1. The summed E-state index contributed by atoms with van der Waals surface area (Å²) in [6, 6.07) is 15.1. The van der Waals surface area contributed by atoms with Crippen LogP contribution in [0.4, 0.5) is 5.69 Å². The highest BCUT2D eigenvalue weighted by Gasteiger charge is 2.06. The van der Waals surface area contributed by atoms with Crippen molar-refractivity contribution in [1.82, 2.24) is 0 Å². The number of nitriles is 1. The Morgan fingerprint density at radius 2 is 1.95 bits per heavy atom. The Balaban J connectivity index is 2.20. The maximum atomic E-state index is 8.90. The van der Waals surface area contributed by atoms with Crippen LogP contribution in [-0.4, -0.2) is 7.05 Å². The van der Waals surface area contributed by atoms with Crippen LogP contribution in [0.25, 0.3) is 0 Å². The van der Waals surface area contributed by atoms with Crippen LogP contribution in [0, 0.1) is 11.3 Å². The molecule has 0 aromatic heterocycles. The van der Waals surface area contributed by atoms with Gasteiger partial charge >= 0.3 is 0 Å². The molecule has 0 amide bonds. The Bertz CT molecular complexity index is 632. The van der Waals surface area contributed by atoms with E-state index in [9.17, 15) is 0 Å². The molecule has 0 aliphatic rings. The first kappa shape index (κ1) is 13.7. The van der Waals surface area contributed by atoms with Crippen LogP contribution in [-0.2, 0) is 6.54 Å². The second-order valence-corrected chi connectivity index (χ2v) is 5.10. The van der Waals surface area contributed by atoms with Gasteiger partial charge in [-0.15, -0.1) is 0 Å². The number of halogens is 2. The summed E-state index contributed by atoms with van der Waals surface area (Å²) in [5.41, 5.74) is 2.62. The lowest BCUT2D eigenvalue weighted by molar-refractivity contribution is 0.923. The third-order valence-electron chi connectivity index (χ3n) is 2.84. The van der Waals surface area contributed by atoms with Gasteiger partial charge < -0.3 is 4.90 Å². The molecule has 0 spiro atoms. The van der Waals surface area contributed by atoms with E-state index in [0.717, 1.165) is 11.3 Å². The molecule has 0 radical (unpaired) electrons. The quantitative estimate of drug-likeness (QED) is 0.832. The molecular weight excluding hydrogens is 279 g/mol. The highest BCUT2D eigenvalue weighted by Crippen LogP contribution is 2.24. The van der Waals surface area contributed by atoms with Crippen molar-refractivity contribution in [3.8, 4) is 6.07 Å². The zero-order valence-electron chi connectivity index (χ0n) is 10.4. The first-order valence-electron chi connectivity index (χ1n) is 5.75.